The average molecular weight is 428 g/mol. The first kappa shape index (κ1) is 19.7. The Kier molecular flexibility index (Phi) is 5.14. The molecular formula is C21H22F2N6O2. The molecule has 3 aromatic rings. The third kappa shape index (κ3) is 4.02. The maximum Gasteiger partial charge on any atom is 0.321 e. The van der Waals surface area contributed by atoms with Gasteiger partial charge in [-0.2, -0.15) is 0 Å². The molecule has 1 N–H and O–H groups in total. The van der Waals surface area contributed by atoms with Crippen LogP contribution in [-0.2, 0) is 4.74 Å². The van der Waals surface area contributed by atoms with Crippen LogP contribution in [0.2, 0.25) is 0 Å². The Morgan fingerprint density at radius 2 is 2.03 bits per heavy atom. The van der Waals surface area contributed by atoms with Crippen LogP contribution in [0, 0.1) is 5.82 Å². The fourth-order valence-corrected chi connectivity index (χ4v) is 3.89. The predicted octanol–water partition coefficient (Wildman–Crippen LogP) is 2.97. The van der Waals surface area contributed by atoms with Gasteiger partial charge < -0.3 is 19.9 Å². The third-order valence-corrected chi connectivity index (χ3v) is 5.58. The van der Waals surface area contributed by atoms with E-state index in [9.17, 15) is 13.6 Å². The van der Waals surface area contributed by atoms with Gasteiger partial charge in [0.1, 0.15) is 17.7 Å². The number of carbonyl (C=O) groups excluding carboxylic acids is 1. The third-order valence-electron chi connectivity index (χ3n) is 5.58. The molecule has 2 amide bonds. The molecule has 1 atom stereocenters. The summed E-state index contributed by atoms with van der Waals surface area (Å²) in [5.41, 5.74) is 2.06. The first-order valence-corrected chi connectivity index (χ1v) is 10.2. The van der Waals surface area contributed by atoms with Crippen LogP contribution in [0.4, 0.5) is 25.0 Å². The molecule has 5 rings (SSSR count). The molecule has 0 aliphatic carbocycles. The molecule has 0 spiro atoms. The van der Waals surface area contributed by atoms with Crippen LogP contribution in [0.5, 0.6) is 0 Å². The second-order valence-corrected chi connectivity index (χ2v) is 7.71. The van der Waals surface area contributed by atoms with Gasteiger partial charge in [0.2, 0.25) is 0 Å². The molecule has 0 radical (unpaired) electrons. The number of morpholine rings is 1. The van der Waals surface area contributed by atoms with Gasteiger partial charge in [0.25, 0.3) is 0 Å². The highest BCUT2D eigenvalue weighted by atomic mass is 19.1. The normalized spacial score (nSPS) is 19.2. The zero-order valence-corrected chi connectivity index (χ0v) is 16.8. The van der Waals surface area contributed by atoms with E-state index < -0.39 is 18.0 Å². The van der Waals surface area contributed by atoms with Crippen molar-refractivity contribution in [3.8, 4) is 5.69 Å². The molecule has 2 aliphatic heterocycles. The maximum atomic E-state index is 14.6. The Morgan fingerprint density at radius 3 is 2.81 bits per heavy atom. The van der Waals surface area contributed by atoms with Gasteiger partial charge in [-0.3, -0.25) is 0 Å². The van der Waals surface area contributed by atoms with Crippen LogP contribution < -0.4 is 10.2 Å². The van der Waals surface area contributed by atoms with Gasteiger partial charge in [-0.05, 0) is 30.7 Å². The summed E-state index contributed by atoms with van der Waals surface area (Å²) in [4.78, 5) is 20.3. The number of fused-ring (bicyclic) bond motifs is 1. The van der Waals surface area contributed by atoms with Crippen LogP contribution in [0.25, 0.3) is 16.7 Å². The number of rotatable bonds is 3. The lowest BCUT2D eigenvalue weighted by molar-refractivity contribution is 0.122. The Morgan fingerprint density at radius 1 is 1.19 bits per heavy atom. The quantitative estimate of drug-likeness (QED) is 0.694. The summed E-state index contributed by atoms with van der Waals surface area (Å²) < 4.78 is 34.7. The van der Waals surface area contributed by atoms with E-state index in [1.807, 2.05) is 6.07 Å². The molecule has 1 aromatic carbocycles. The number of alkyl halides is 1. The van der Waals surface area contributed by atoms with Gasteiger partial charge in [0.15, 0.2) is 5.65 Å². The Hall–Kier alpha value is -3.27. The highest BCUT2D eigenvalue weighted by Gasteiger charge is 2.26. The van der Waals surface area contributed by atoms with Crippen molar-refractivity contribution in [2.75, 3.05) is 49.6 Å². The summed E-state index contributed by atoms with van der Waals surface area (Å²) in [6.07, 6.45) is 2.80. The number of urea groups is 1. The average Bonchev–Trinajstić information content (AvgIpc) is 3.41. The van der Waals surface area contributed by atoms with Crippen molar-refractivity contribution in [1.82, 2.24) is 19.7 Å². The number of ether oxygens (including phenoxy) is 1. The fourth-order valence-electron chi connectivity index (χ4n) is 3.89. The highest BCUT2D eigenvalue weighted by Crippen LogP contribution is 2.24. The van der Waals surface area contributed by atoms with Crippen molar-refractivity contribution in [1.29, 1.82) is 0 Å². The van der Waals surface area contributed by atoms with E-state index in [1.165, 1.54) is 27.8 Å². The van der Waals surface area contributed by atoms with Gasteiger partial charge in [-0.25, -0.2) is 23.2 Å². The minimum Gasteiger partial charge on any atom is -0.378 e. The zero-order valence-electron chi connectivity index (χ0n) is 16.8. The Bertz CT molecular complexity index is 1110. The topological polar surface area (TPSA) is 75.5 Å². The Labute approximate surface area is 177 Å². The first-order valence-electron chi connectivity index (χ1n) is 10.2. The molecule has 0 unspecified atom stereocenters. The van der Waals surface area contributed by atoms with E-state index >= 15 is 0 Å². The van der Waals surface area contributed by atoms with E-state index in [1.54, 1.807) is 12.4 Å². The summed E-state index contributed by atoms with van der Waals surface area (Å²) in [5.74, 6) is -0.482. The minimum absolute atomic E-state index is 0.0710. The fraction of sp³-hybridized carbons (Fsp3) is 0.381. The van der Waals surface area contributed by atoms with E-state index in [4.69, 9.17) is 4.74 Å². The molecular weight excluding hydrogens is 406 g/mol. The SMILES string of the molecule is O=C(Nc1ccc(F)c(-n2cc3cc(N4CCOCC4)cnc3n2)c1)N1CC[C@@H](F)C1. The molecule has 2 saturated heterocycles. The van der Waals surface area contributed by atoms with Gasteiger partial charge in [0.05, 0.1) is 31.6 Å². The number of likely N-dealkylation sites (tertiary alicyclic amines) is 1. The van der Waals surface area contributed by atoms with Gasteiger partial charge in [0, 0.05) is 36.9 Å². The lowest BCUT2D eigenvalue weighted by atomic mass is 10.2. The van der Waals surface area contributed by atoms with E-state index in [2.05, 4.69) is 20.3 Å². The number of nitrogens with one attached hydrogen (secondary N) is 1. The maximum absolute atomic E-state index is 14.6. The summed E-state index contributed by atoms with van der Waals surface area (Å²) >= 11 is 0. The van der Waals surface area contributed by atoms with E-state index in [-0.39, 0.29) is 12.2 Å². The molecule has 2 aliphatic rings. The number of benzene rings is 1. The smallest absolute Gasteiger partial charge is 0.321 e. The van der Waals surface area contributed by atoms with E-state index in [0.717, 1.165) is 24.2 Å². The van der Waals surface area contributed by atoms with Crippen molar-refractivity contribution in [2.45, 2.75) is 12.6 Å². The molecule has 162 valence electrons. The summed E-state index contributed by atoms with van der Waals surface area (Å²) in [7, 11) is 0. The molecule has 10 heteroatoms. The van der Waals surface area contributed by atoms with Gasteiger partial charge >= 0.3 is 6.03 Å². The largest absolute Gasteiger partial charge is 0.378 e. The number of amides is 2. The number of halogens is 2. The molecule has 4 heterocycles. The van der Waals surface area contributed by atoms with Crippen LogP contribution in [0.1, 0.15) is 6.42 Å². The van der Waals surface area contributed by atoms with Gasteiger partial charge in [-0.15, -0.1) is 5.10 Å². The van der Waals surface area contributed by atoms with Crippen LogP contribution in [0.15, 0.2) is 36.7 Å². The predicted molar refractivity (Wildman–Crippen MR) is 112 cm³/mol. The number of nitrogens with zero attached hydrogens (tertiary/aromatic N) is 5. The van der Waals surface area contributed by atoms with E-state index in [0.29, 0.717) is 37.5 Å². The minimum atomic E-state index is -0.999. The van der Waals surface area contributed by atoms with Crippen molar-refractivity contribution in [3.63, 3.8) is 0 Å². The van der Waals surface area contributed by atoms with Crippen molar-refractivity contribution in [3.05, 3.63) is 42.5 Å². The molecule has 2 aromatic heterocycles. The standard InChI is InChI=1S/C21H22F2N6O2/c22-15-3-4-28(13-15)21(30)25-16-1-2-18(23)19(10-16)29-12-14-9-17(11-24-20(14)26-29)27-5-7-31-8-6-27/h1-2,9-12,15H,3-8,13H2,(H,25,30)/t15-/m1/s1. The lowest BCUT2D eigenvalue weighted by Crippen LogP contribution is -2.36. The second kappa shape index (κ2) is 8.10. The molecule has 0 bridgehead atoms. The number of anilines is 2. The number of carbonyl (C=O) groups is 1. The number of hydrogen-bond acceptors (Lipinski definition) is 5. The number of pyridine rings is 1. The van der Waals surface area contributed by atoms with Crippen LogP contribution in [0.3, 0.4) is 0 Å². The summed E-state index contributed by atoms with van der Waals surface area (Å²) in [6.45, 7) is 3.36. The number of aromatic nitrogens is 3. The Balaban J connectivity index is 1.40. The van der Waals surface area contributed by atoms with Crippen molar-refractivity contribution in [2.24, 2.45) is 0 Å². The van der Waals surface area contributed by atoms with Crippen molar-refractivity contribution >= 4 is 28.4 Å². The zero-order chi connectivity index (χ0) is 21.4. The first-order chi connectivity index (χ1) is 15.1. The monoisotopic (exact) mass is 428 g/mol. The summed E-state index contributed by atoms with van der Waals surface area (Å²) in [5, 5.41) is 7.87. The molecule has 31 heavy (non-hydrogen) atoms. The van der Waals surface area contributed by atoms with Crippen molar-refractivity contribution < 1.29 is 18.3 Å². The van der Waals surface area contributed by atoms with Crippen LogP contribution >= 0.6 is 0 Å². The molecule has 8 nitrogen and oxygen atoms in total. The molecule has 2 fully saturated rings. The van der Waals surface area contributed by atoms with Gasteiger partial charge in [-0.1, -0.05) is 0 Å². The number of hydrogen-bond donors (Lipinski definition) is 1. The van der Waals surface area contributed by atoms with Crippen LogP contribution in [-0.4, -0.2) is 71.3 Å². The second-order valence-electron chi connectivity index (χ2n) is 7.71. The highest BCUT2D eigenvalue weighted by molar-refractivity contribution is 5.90. The molecule has 0 saturated carbocycles. The lowest BCUT2D eigenvalue weighted by Gasteiger charge is -2.28. The summed E-state index contributed by atoms with van der Waals surface area (Å²) in [6, 6.07) is 5.82.